The van der Waals surface area contributed by atoms with Gasteiger partial charge in [0.15, 0.2) is 16.9 Å². The Kier molecular flexibility index (Phi) is 6.23. The summed E-state index contributed by atoms with van der Waals surface area (Å²) < 4.78 is 6.85. The molecule has 0 bridgehead atoms. The van der Waals surface area contributed by atoms with Crippen molar-refractivity contribution in [2.24, 2.45) is 0 Å². The van der Waals surface area contributed by atoms with E-state index in [1.165, 1.54) is 22.2 Å². The molecule has 1 atom stereocenters. The molecular weight excluding hydrogens is 456 g/mol. The van der Waals surface area contributed by atoms with E-state index in [0.29, 0.717) is 31.8 Å². The number of aryl methyl sites for hydroxylation is 1. The van der Waals surface area contributed by atoms with E-state index in [4.69, 9.17) is 16.0 Å². The van der Waals surface area contributed by atoms with Crippen LogP contribution in [-0.2, 0) is 11.3 Å². The number of thiazole rings is 1. The van der Waals surface area contributed by atoms with Gasteiger partial charge in [-0.3, -0.25) is 14.2 Å². The minimum absolute atomic E-state index is 0.0342. The predicted octanol–water partition coefficient (Wildman–Crippen LogP) is 4.42. The lowest BCUT2D eigenvalue weighted by atomic mass is 10.1. The number of nitriles is 1. The van der Waals surface area contributed by atoms with Gasteiger partial charge < -0.3 is 4.42 Å². The summed E-state index contributed by atoms with van der Waals surface area (Å²) in [7, 11) is 0. The summed E-state index contributed by atoms with van der Waals surface area (Å²) in [4.78, 5) is 34.7. The first-order chi connectivity index (χ1) is 15.0. The fraction of sp³-hybridized carbons (Fsp3) is 0.190. The van der Waals surface area contributed by atoms with Crippen LogP contribution < -0.4 is 5.56 Å². The zero-order chi connectivity index (χ0) is 22.0. The molecule has 156 valence electrons. The quantitative estimate of drug-likeness (QED) is 0.291. The third-order valence-corrected chi connectivity index (χ3v) is 6.72. The monoisotopic (exact) mass is 470 g/mol. The van der Waals surface area contributed by atoms with Gasteiger partial charge in [0.05, 0.1) is 35.5 Å². The molecule has 0 saturated heterocycles. The molecule has 0 spiro atoms. The highest BCUT2D eigenvalue weighted by atomic mass is 35.5. The van der Waals surface area contributed by atoms with Gasteiger partial charge in [0, 0.05) is 16.1 Å². The number of thioether (sulfide) groups is 1. The molecule has 0 aliphatic carbocycles. The Morgan fingerprint density at radius 3 is 2.90 bits per heavy atom. The Balaban J connectivity index is 1.67. The van der Waals surface area contributed by atoms with Gasteiger partial charge in [-0.15, -0.1) is 11.3 Å². The summed E-state index contributed by atoms with van der Waals surface area (Å²) in [5.41, 5.74) is 0.942. The van der Waals surface area contributed by atoms with Crippen LogP contribution in [0.15, 0.2) is 56.3 Å². The van der Waals surface area contributed by atoms with Crippen LogP contribution in [0.25, 0.3) is 10.9 Å². The standard InChI is InChI=1S/C21H15ClN4O3S2/c1-12-10-30-19(24-12)16(8-23)18(27)11-31-21-25-17-7-13(22)4-5-15(17)20(28)26(21)9-14-3-2-6-29-14/h2-7,10,16H,9,11H2,1H3. The van der Waals surface area contributed by atoms with Crippen LogP contribution in [0.2, 0.25) is 5.02 Å². The first-order valence-electron chi connectivity index (χ1n) is 9.16. The summed E-state index contributed by atoms with van der Waals surface area (Å²) in [5.74, 6) is -0.704. The largest absolute Gasteiger partial charge is 0.467 e. The van der Waals surface area contributed by atoms with Crippen molar-refractivity contribution in [2.45, 2.75) is 24.5 Å². The van der Waals surface area contributed by atoms with E-state index in [1.54, 1.807) is 35.7 Å². The maximum Gasteiger partial charge on any atom is 0.262 e. The molecule has 4 rings (SSSR count). The van der Waals surface area contributed by atoms with Crippen molar-refractivity contribution in [3.63, 3.8) is 0 Å². The van der Waals surface area contributed by atoms with E-state index < -0.39 is 5.92 Å². The van der Waals surface area contributed by atoms with E-state index in [2.05, 4.69) is 9.97 Å². The normalized spacial score (nSPS) is 12.0. The number of hydrogen-bond donors (Lipinski definition) is 0. The first-order valence-corrected chi connectivity index (χ1v) is 11.4. The Bertz CT molecular complexity index is 1360. The molecule has 1 aromatic carbocycles. The number of nitrogens with zero attached hydrogens (tertiary/aromatic N) is 4. The maximum absolute atomic E-state index is 13.1. The van der Waals surface area contributed by atoms with Crippen LogP contribution in [-0.4, -0.2) is 26.1 Å². The second kappa shape index (κ2) is 9.06. The van der Waals surface area contributed by atoms with Gasteiger partial charge >= 0.3 is 0 Å². The Hall–Kier alpha value is -2.93. The molecule has 0 N–H and O–H groups in total. The third kappa shape index (κ3) is 4.56. The highest BCUT2D eigenvalue weighted by molar-refractivity contribution is 7.99. The van der Waals surface area contributed by atoms with Crippen LogP contribution in [0.3, 0.4) is 0 Å². The van der Waals surface area contributed by atoms with Gasteiger partial charge in [-0.1, -0.05) is 23.4 Å². The molecule has 4 aromatic rings. The fourth-order valence-electron chi connectivity index (χ4n) is 2.97. The van der Waals surface area contributed by atoms with E-state index >= 15 is 0 Å². The molecule has 0 amide bonds. The van der Waals surface area contributed by atoms with Crippen molar-refractivity contribution in [3.8, 4) is 6.07 Å². The number of carbonyl (C=O) groups is 1. The van der Waals surface area contributed by atoms with Gasteiger partial charge in [0.1, 0.15) is 10.8 Å². The van der Waals surface area contributed by atoms with E-state index in [9.17, 15) is 14.9 Å². The van der Waals surface area contributed by atoms with Crippen molar-refractivity contribution >= 4 is 51.4 Å². The fourth-order valence-corrected chi connectivity index (χ4v) is 4.90. The molecule has 31 heavy (non-hydrogen) atoms. The summed E-state index contributed by atoms with van der Waals surface area (Å²) in [6, 6.07) is 10.4. The number of Topliss-reactive ketones (excluding diaryl/α,β-unsaturated/α-hetero) is 1. The molecule has 0 aliphatic heterocycles. The summed E-state index contributed by atoms with van der Waals surface area (Å²) in [5, 5.41) is 13.0. The van der Waals surface area contributed by atoms with E-state index in [0.717, 1.165) is 17.5 Å². The average molecular weight is 471 g/mol. The number of fused-ring (bicyclic) bond motifs is 1. The van der Waals surface area contributed by atoms with E-state index in [-0.39, 0.29) is 23.6 Å². The van der Waals surface area contributed by atoms with E-state index in [1.807, 2.05) is 13.0 Å². The maximum atomic E-state index is 13.1. The van der Waals surface area contributed by atoms with Crippen molar-refractivity contribution in [1.82, 2.24) is 14.5 Å². The zero-order valence-electron chi connectivity index (χ0n) is 16.2. The van der Waals surface area contributed by atoms with Crippen molar-refractivity contribution in [1.29, 1.82) is 5.26 Å². The second-order valence-corrected chi connectivity index (χ2v) is 8.94. The van der Waals surface area contributed by atoms with Gasteiger partial charge in [0.25, 0.3) is 5.56 Å². The zero-order valence-corrected chi connectivity index (χ0v) is 18.6. The Morgan fingerprint density at radius 1 is 1.39 bits per heavy atom. The molecule has 1 unspecified atom stereocenters. The molecule has 0 fully saturated rings. The van der Waals surface area contributed by atoms with Gasteiger partial charge in [-0.05, 0) is 37.3 Å². The van der Waals surface area contributed by atoms with Crippen molar-refractivity contribution in [2.75, 3.05) is 5.75 Å². The summed E-state index contributed by atoms with van der Waals surface area (Å²) in [6.07, 6.45) is 1.53. The lowest BCUT2D eigenvalue weighted by Gasteiger charge is -2.12. The number of benzene rings is 1. The molecule has 3 heterocycles. The Morgan fingerprint density at radius 2 is 2.23 bits per heavy atom. The predicted molar refractivity (Wildman–Crippen MR) is 120 cm³/mol. The Labute approximate surface area is 190 Å². The van der Waals surface area contributed by atoms with Gasteiger partial charge in [-0.2, -0.15) is 5.26 Å². The van der Waals surface area contributed by atoms with Crippen molar-refractivity contribution in [3.05, 3.63) is 73.8 Å². The number of halogens is 1. The van der Waals surface area contributed by atoms with Gasteiger partial charge in [0.2, 0.25) is 0 Å². The lowest BCUT2D eigenvalue weighted by Crippen LogP contribution is -2.24. The van der Waals surface area contributed by atoms with Crippen LogP contribution in [0.4, 0.5) is 0 Å². The van der Waals surface area contributed by atoms with Crippen LogP contribution in [0, 0.1) is 18.3 Å². The number of rotatable bonds is 7. The number of furan rings is 1. The van der Waals surface area contributed by atoms with Crippen LogP contribution >= 0.6 is 34.7 Å². The minimum Gasteiger partial charge on any atom is -0.467 e. The van der Waals surface area contributed by atoms with Gasteiger partial charge in [-0.25, -0.2) is 9.97 Å². The molecule has 0 radical (unpaired) electrons. The number of hydrogen-bond acceptors (Lipinski definition) is 8. The number of carbonyl (C=O) groups excluding carboxylic acids is 1. The third-order valence-electron chi connectivity index (χ3n) is 4.45. The molecule has 3 aromatic heterocycles. The molecule has 0 saturated carbocycles. The topological polar surface area (TPSA) is 102 Å². The highest BCUT2D eigenvalue weighted by Gasteiger charge is 2.24. The van der Waals surface area contributed by atoms with Crippen LogP contribution in [0.1, 0.15) is 22.4 Å². The molecule has 0 aliphatic rings. The van der Waals surface area contributed by atoms with Crippen molar-refractivity contribution < 1.29 is 9.21 Å². The average Bonchev–Trinajstić information content (AvgIpc) is 3.41. The first kappa shape index (κ1) is 21.3. The molecule has 7 nitrogen and oxygen atoms in total. The second-order valence-electron chi connectivity index (χ2n) is 6.67. The molecule has 10 heteroatoms. The SMILES string of the molecule is Cc1csc(C(C#N)C(=O)CSc2nc3cc(Cl)ccc3c(=O)n2Cc2ccco2)n1. The number of aromatic nitrogens is 3. The molecular formula is C21H15ClN4O3S2. The summed E-state index contributed by atoms with van der Waals surface area (Å²) in [6.45, 7) is 1.98. The lowest BCUT2D eigenvalue weighted by molar-refractivity contribution is -0.116. The summed E-state index contributed by atoms with van der Waals surface area (Å²) >= 11 is 8.45. The number of ketones is 1. The van der Waals surface area contributed by atoms with Crippen LogP contribution in [0.5, 0.6) is 0 Å². The highest BCUT2D eigenvalue weighted by Crippen LogP contribution is 2.26. The minimum atomic E-state index is -0.952. The smallest absolute Gasteiger partial charge is 0.262 e.